The summed E-state index contributed by atoms with van der Waals surface area (Å²) in [5.41, 5.74) is 1.02. The summed E-state index contributed by atoms with van der Waals surface area (Å²) in [6, 6.07) is 8.06. The van der Waals surface area contributed by atoms with Gasteiger partial charge in [0, 0.05) is 5.56 Å². The Bertz CT molecular complexity index is 434. The highest BCUT2D eigenvalue weighted by atomic mass is 16.1. The van der Waals surface area contributed by atoms with Crippen molar-refractivity contribution in [2.24, 2.45) is 0 Å². The van der Waals surface area contributed by atoms with E-state index in [1.54, 1.807) is 31.2 Å². The van der Waals surface area contributed by atoms with E-state index in [0.717, 1.165) is 0 Å². The lowest BCUT2D eigenvalue weighted by atomic mass is 10.1. The summed E-state index contributed by atoms with van der Waals surface area (Å²) in [5, 5.41) is 11.2. The maximum atomic E-state index is 11.5. The van der Waals surface area contributed by atoms with Crippen LogP contribution in [0.2, 0.25) is 0 Å². The van der Waals surface area contributed by atoms with E-state index in [1.807, 2.05) is 6.07 Å². The van der Waals surface area contributed by atoms with Crippen LogP contribution < -0.4 is 5.32 Å². The van der Waals surface area contributed by atoms with Crippen molar-refractivity contribution in [3.63, 3.8) is 0 Å². The number of carbonyl (C=O) groups excluding carboxylic acids is 1. The number of hydrogen-bond acceptors (Lipinski definition) is 2. The number of nitriles is 1. The van der Waals surface area contributed by atoms with Crippen LogP contribution in [-0.4, -0.2) is 11.9 Å². The normalized spacial score (nSPS) is 10.9. The fourth-order valence-electron chi connectivity index (χ4n) is 1.02. The van der Waals surface area contributed by atoms with Gasteiger partial charge in [-0.05, 0) is 31.2 Å². The maximum Gasteiger partial charge on any atom is 0.252 e. The molecule has 15 heavy (non-hydrogen) atoms. The van der Waals surface area contributed by atoms with E-state index in [4.69, 9.17) is 11.7 Å². The Morgan fingerprint density at radius 3 is 2.53 bits per heavy atom. The van der Waals surface area contributed by atoms with Gasteiger partial charge in [-0.2, -0.15) is 5.26 Å². The van der Waals surface area contributed by atoms with Crippen molar-refractivity contribution in [3.05, 3.63) is 35.4 Å². The lowest BCUT2D eigenvalue weighted by molar-refractivity contribution is 0.0948. The Hall–Kier alpha value is -2.26. The fourth-order valence-corrected chi connectivity index (χ4v) is 1.02. The van der Waals surface area contributed by atoms with Gasteiger partial charge in [-0.1, -0.05) is 5.92 Å². The van der Waals surface area contributed by atoms with Crippen LogP contribution in [0.3, 0.4) is 0 Å². The minimum absolute atomic E-state index is 0.232. The maximum absolute atomic E-state index is 11.5. The summed E-state index contributed by atoms with van der Waals surface area (Å²) in [6.45, 7) is 1.72. The van der Waals surface area contributed by atoms with Gasteiger partial charge < -0.3 is 5.32 Å². The second-order valence-electron chi connectivity index (χ2n) is 3.05. The molecule has 1 amide bonds. The lowest BCUT2D eigenvalue weighted by Gasteiger charge is -2.07. The number of nitrogens with zero attached hydrogens (tertiary/aromatic N) is 1. The molecule has 1 unspecified atom stereocenters. The topological polar surface area (TPSA) is 52.9 Å². The van der Waals surface area contributed by atoms with Crippen molar-refractivity contribution in [2.45, 2.75) is 13.0 Å². The van der Waals surface area contributed by atoms with E-state index in [1.165, 1.54) is 0 Å². The molecule has 1 rings (SSSR count). The third-order valence-corrected chi connectivity index (χ3v) is 1.87. The molecule has 0 heterocycles. The van der Waals surface area contributed by atoms with Crippen molar-refractivity contribution in [3.8, 4) is 18.4 Å². The molecule has 0 aliphatic heterocycles. The Kier molecular flexibility index (Phi) is 3.49. The number of hydrogen-bond donors (Lipinski definition) is 1. The van der Waals surface area contributed by atoms with Crippen LogP contribution in [0.4, 0.5) is 0 Å². The summed E-state index contributed by atoms with van der Waals surface area (Å²) in [7, 11) is 0. The molecule has 0 aliphatic carbocycles. The first-order chi connectivity index (χ1) is 7.17. The Labute approximate surface area is 88.7 Å². The molecule has 1 aromatic rings. The van der Waals surface area contributed by atoms with Crippen molar-refractivity contribution in [2.75, 3.05) is 0 Å². The second-order valence-corrected chi connectivity index (χ2v) is 3.05. The van der Waals surface area contributed by atoms with E-state index in [-0.39, 0.29) is 11.9 Å². The van der Waals surface area contributed by atoms with Crippen LogP contribution in [0.1, 0.15) is 22.8 Å². The van der Waals surface area contributed by atoms with Crippen molar-refractivity contribution in [1.82, 2.24) is 5.32 Å². The smallest absolute Gasteiger partial charge is 0.252 e. The predicted octanol–water partition coefficient (Wildman–Crippen LogP) is 1.31. The summed E-state index contributed by atoms with van der Waals surface area (Å²) in [5.74, 6) is 2.17. The zero-order valence-corrected chi connectivity index (χ0v) is 8.32. The van der Waals surface area contributed by atoms with Crippen LogP contribution in [0, 0.1) is 23.7 Å². The molecular formula is C12H10N2O. The predicted molar refractivity (Wildman–Crippen MR) is 56.9 cm³/mol. The summed E-state index contributed by atoms with van der Waals surface area (Å²) < 4.78 is 0. The second kappa shape index (κ2) is 4.83. The van der Waals surface area contributed by atoms with E-state index in [2.05, 4.69) is 11.2 Å². The molecule has 1 aromatic carbocycles. The highest BCUT2D eigenvalue weighted by molar-refractivity contribution is 5.94. The standard InChI is InChI=1S/C12H10N2O/c1-3-9(2)14-12(15)11-6-4-10(8-13)5-7-11/h1,4-7,9H,2H3,(H,14,15). The number of nitrogens with one attached hydrogen (secondary N) is 1. The van der Waals surface area contributed by atoms with Gasteiger partial charge in [0.25, 0.3) is 5.91 Å². The third kappa shape index (κ3) is 2.86. The van der Waals surface area contributed by atoms with Gasteiger partial charge in [-0.15, -0.1) is 6.42 Å². The molecule has 0 aliphatic rings. The SMILES string of the molecule is C#CC(C)NC(=O)c1ccc(C#N)cc1. The number of amides is 1. The molecule has 0 bridgehead atoms. The third-order valence-electron chi connectivity index (χ3n) is 1.87. The number of terminal acetylenes is 1. The molecule has 0 spiro atoms. The van der Waals surface area contributed by atoms with Crippen molar-refractivity contribution < 1.29 is 4.79 Å². The van der Waals surface area contributed by atoms with E-state index >= 15 is 0 Å². The van der Waals surface area contributed by atoms with Crippen LogP contribution in [-0.2, 0) is 0 Å². The average molecular weight is 198 g/mol. The van der Waals surface area contributed by atoms with E-state index < -0.39 is 0 Å². The molecule has 0 radical (unpaired) electrons. The van der Waals surface area contributed by atoms with Gasteiger partial charge in [-0.25, -0.2) is 0 Å². The molecule has 0 fully saturated rings. The fraction of sp³-hybridized carbons (Fsp3) is 0.167. The average Bonchev–Trinajstić information content (AvgIpc) is 2.29. The molecular weight excluding hydrogens is 188 g/mol. The zero-order chi connectivity index (χ0) is 11.3. The highest BCUT2D eigenvalue weighted by Gasteiger charge is 2.06. The quantitative estimate of drug-likeness (QED) is 0.728. The largest absolute Gasteiger partial charge is 0.339 e. The highest BCUT2D eigenvalue weighted by Crippen LogP contribution is 2.03. The first-order valence-electron chi connectivity index (χ1n) is 4.44. The molecule has 0 aromatic heterocycles. The van der Waals surface area contributed by atoms with Gasteiger partial charge in [0.2, 0.25) is 0 Å². The Morgan fingerprint density at radius 1 is 1.47 bits per heavy atom. The van der Waals surface area contributed by atoms with Crippen molar-refractivity contribution in [1.29, 1.82) is 5.26 Å². The minimum Gasteiger partial charge on any atom is -0.339 e. The molecule has 1 N–H and O–H groups in total. The van der Waals surface area contributed by atoms with Crippen molar-refractivity contribution >= 4 is 5.91 Å². The van der Waals surface area contributed by atoms with Gasteiger partial charge >= 0.3 is 0 Å². The van der Waals surface area contributed by atoms with Crippen LogP contribution >= 0.6 is 0 Å². The zero-order valence-electron chi connectivity index (χ0n) is 8.32. The molecule has 74 valence electrons. The van der Waals surface area contributed by atoms with Crippen LogP contribution in [0.5, 0.6) is 0 Å². The first-order valence-corrected chi connectivity index (χ1v) is 4.44. The number of rotatable bonds is 2. The Morgan fingerprint density at radius 2 is 2.07 bits per heavy atom. The molecule has 0 saturated heterocycles. The lowest BCUT2D eigenvalue weighted by Crippen LogP contribution is -2.31. The molecule has 0 saturated carbocycles. The number of carbonyl (C=O) groups is 1. The van der Waals surface area contributed by atoms with Gasteiger partial charge in [-0.3, -0.25) is 4.79 Å². The van der Waals surface area contributed by atoms with E-state index in [0.29, 0.717) is 11.1 Å². The van der Waals surface area contributed by atoms with Gasteiger partial charge in [0.05, 0.1) is 17.7 Å². The Balaban J connectivity index is 2.76. The summed E-state index contributed by atoms with van der Waals surface area (Å²) in [4.78, 5) is 11.5. The first kappa shape index (κ1) is 10.8. The van der Waals surface area contributed by atoms with Crippen LogP contribution in [0.15, 0.2) is 24.3 Å². The van der Waals surface area contributed by atoms with Gasteiger partial charge in [0.1, 0.15) is 0 Å². The van der Waals surface area contributed by atoms with E-state index in [9.17, 15) is 4.79 Å². The molecule has 1 atom stereocenters. The number of benzene rings is 1. The minimum atomic E-state index is -0.298. The van der Waals surface area contributed by atoms with Gasteiger partial charge in [0.15, 0.2) is 0 Å². The molecule has 3 heteroatoms. The summed E-state index contributed by atoms with van der Waals surface area (Å²) in [6.07, 6.45) is 5.14. The summed E-state index contributed by atoms with van der Waals surface area (Å²) >= 11 is 0. The molecule has 3 nitrogen and oxygen atoms in total. The monoisotopic (exact) mass is 198 g/mol. The van der Waals surface area contributed by atoms with Crippen LogP contribution in [0.25, 0.3) is 0 Å².